The fourth-order valence-electron chi connectivity index (χ4n) is 1.37. The molecule has 92 valence electrons. The highest BCUT2D eigenvalue weighted by Gasteiger charge is 2.06. The highest BCUT2D eigenvalue weighted by atomic mass is 79.9. The number of nitrogens with one attached hydrogen (secondary N) is 1. The topological polar surface area (TPSA) is 37.8 Å². The van der Waals surface area contributed by atoms with Crippen LogP contribution in [0.15, 0.2) is 15.2 Å². The van der Waals surface area contributed by atoms with E-state index in [2.05, 4.69) is 56.7 Å². The summed E-state index contributed by atoms with van der Waals surface area (Å²) < 4.78 is 1.16. The summed E-state index contributed by atoms with van der Waals surface area (Å²) in [6.45, 7) is 5.19. The van der Waals surface area contributed by atoms with Crippen LogP contribution < -0.4 is 5.32 Å². The molecule has 0 bridgehead atoms. The van der Waals surface area contributed by atoms with Crippen LogP contribution in [0.1, 0.15) is 24.4 Å². The van der Waals surface area contributed by atoms with Gasteiger partial charge in [0.1, 0.15) is 5.01 Å². The van der Waals surface area contributed by atoms with Gasteiger partial charge in [-0.05, 0) is 38.9 Å². The zero-order valence-electron chi connectivity index (χ0n) is 9.74. The molecule has 2 heterocycles. The summed E-state index contributed by atoms with van der Waals surface area (Å²) >= 11 is 6.80. The molecular weight excluding hydrogens is 318 g/mol. The average Bonchev–Trinajstić information content (AvgIpc) is 2.84. The van der Waals surface area contributed by atoms with Crippen LogP contribution in [0, 0.1) is 5.92 Å². The molecule has 0 amide bonds. The van der Waals surface area contributed by atoms with Crippen molar-refractivity contribution in [3.8, 4) is 0 Å². The number of aromatic nitrogens is 2. The first-order valence-electron chi connectivity index (χ1n) is 5.42. The Morgan fingerprint density at radius 3 is 2.88 bits per heavy atom. The zero-order valence-corrected chi connectivity index (χ0v) is 13.0. The van der Waals surface area contributed by atoms with Gasteiger partial charge in [0, 0.05) is 13.0 Å². The minimum absolute atomic E-state index is 0.628. The van der Waals surface area contributed by atoms with E-state index in [9.17, 15) is 0 Å². The maximum atomic E-state index is 4.17. The lowest BCUT2D eigenvalue weighted by Crippen LogP contribution is -1.97. The van der Waals surface area contributed by atoms with Crippen LogP contribution in [-0.4, -0.2) is 10.2 Å². The van der Waals surface area contributed by atoms with Crippen molar-refractivity contribution in [2.45, 2.75) is 26.8 Å². The number of anilines is 1. The van der Waals surface area contributed by atoms with Crippen LogP contribution >= 0.6 is 38.6 Å². The molecule has 17 heavy (non-hydrogen) atoms. The van der Waals surface area contributed by atoms with E-state index in [0.29, 0.717) is 5.92 Å². The van der Waals surface area contributed by atoms with Gasteiger partial charge in [-0.15, -0.1) is 21.5 Å². The normalized spacial score (nSPS) is 11.1. The molecular formula is C11H14BrN3S2. The molecule has 0 atom stereocenters. The van der Waals surface area contributed by atoms with Gasteiger partial charge in [-0.25, -0.2) is 0 Å². The van der Waals surface area contributed by atoms with Crippen LogP contribution in [0.2, 0.25) is 0 Å². The minimum atomic E-state index is 0.628. The molecule has 0 aromatic carbocycles. The Morgan fingerprint density at radius 2 is 2.24 bits per heavy atom. The van der Waals surface area contributed by atoms with Crippen LogP contribution in [0.3, 0.4) is 0 Å². The molecule has 0 aliphatic carbocycles. The van der Waals surface area contributed by atoms with Crippen molar-refractivity contribution < 1.29 is 0 Å². The first-order valence-corrected chi connectivity index (χ1v) is 7.91. The van der Waals surface area contributed by atoms with Crippen molar-refractivity contribution in [1.29, 1.82) is 0 Å². The van der Waals surface area contributed by atoms with E-state index in [1.54, 1.807) is 22.7 Å². The summed E-state index contributed by atoms with van der Waals surface area (Å²) in [6, 6.07) is 2.12. The molecule has 0 saturated heterocycles. The maximum Gasteiger partial charge on any atom is 0.205 e. The van der Waals surface area contributed by atoms with Crippen LogP contribution in [0.25, 0.3) is 0 Å². The van der Waals surface area contributed by atoms with Crippen molar-refractivity contribution in [3.05, 3.63) is 25.8 Å². The Labute approximate surface area is 117 Å². The van der Waals surface area contributed by atoms with Crippen molar-refractivity contribution in [2.75, 3.05) is 5.32 Å². The second kappa shape index (κ2) is 5.93. The molecule has 0 saturated carbocycles. The fraction of sp³-hybridized carbons (Fsp3) is 0.455. The van der Waals surface area contributed by atoms with Gasteiger partial charge in [0.05, 0.1) is 3.79 Å². The third-order valence-electron chi connectivity index (χ3n) is 2.12. The van der Waals surface area contributed by atoms with Gasteiger partial charge < -0.3 is 5.32 Å². The van der Waals surface area contributed by atoms with Crippen molar-refractivity contribution in [2.24, 2.45) is 5.92 Å². The van der Waals surface area contributed by atoms with Gasteiger partial charge >= 0.3 is 0 Å². The lowest BCUT2D eigenvalue weighted by atomic mass is 10.1. The lowest BCUT2D eigenvalue weighted by Gasteiger charge is -1.99. The zero-order chi connectivity index (χ0) is 12.3. The number of hydrogen-bond acceptors (Lipinski definition) is 5. The molecule has 6 heteroatoms. The highest BCUT2D eigenvalue weighted by Crippen LogP contribution is 2.23. The van der Waals surface area contributed by atoms with Crippen LogP contribution in [0.4, 0.5) is 5.13 Å². The summed E-state index contributed by atoms with van der Waals surface area (Å²) in [5.41, 5.74) is 1.27. The summed E-state index contributed by atoms with van der Waals surface area (Å²) in [5.74, 6) is 0.628. The molecule has 3 nitrogen and oxygen atoms in total. The summed E-state index contributed by atoms with van der Waals surface area (Å²) in [4.78, 5) is 0. The van der Waals surface area contributed by atoms with Gasteiger partial charge in [0.15, 0.2) is 0 Å². The Hall–Kier alpha value is -0.460. The van der Waals surface area contributed by atoms with E-state index in [4.69, 9.17) is 0 Å². The van der Waals surface area contributed by atoms with E-state index in [1.165, 1.54) is 5.56 Å². The molecule has 0 spiro atoms. The molecule has 2 aromatic heterocycles. The molecule has 0 fully saturated rings. The predicted molar refractivity (Wildman–Crippen MR) is 77.8 cm³/mol. The van der Waals surface area contributed by atoms with Crippen molar-refractivity contribution in [3.63, 3.8) is 0 Å². The van der Waals surface area contributed by atoms with Gasteiger partial charge in [-0.2, -0.15) is 0 Å². The Morgan fingerprint density at radius 1 is 1.41 bits per heavy atom. The quantitative estimate of drug-likeness (QED) is 0.893. The number of thiophene rings is 1. The number of nitrogens with zero attached hydrogens (tertiary/aromatic N) is 2. The summed E-state index contributed by atoms with van der Waals surface area (Å²) in [7, 11) is 0. The first-order chi connectivity index (χ1) is 8.13. The van der Waals surface area contributed by atoms with E-state index in [0.717, 1.165) is 26.9 Å². The predicted octanol–water partition coefficient (Wildman–Crippen LogP) is 4.17. The Kier molecular flexibility index (Phi) is 4.53. The molecule has 0 unspecified atom stereocenters. The molecule has 2 aromatic rings. The Bertz CT molecular complexity index is 479. The monoisotopic (exact) mass is 331 g/mol. The largest absolute Gasteiger partial charge is 0.356 e. The van der Waals surface area contributed by atoms with E-state index >= 15 is 0 Å². The SMILES string of the molecule is CC(C)Cc1nnc(NCc2csc(Br)c2)s1. The fourth-order valence-corrected chi connectivity index (χ4v) is 3.53. The second-order valence-corrected chi connectivity index (χ2v) is 7.56. The van der Waals surface area contributed by atoms with Gasteiger partial charge in [-0.3, -0.25) is 0 Å². The third-order valence-corrected chi connectivity index (χ3v) is 4.57. The molecule has 0 aliphatic heterocycles. The lowest BCUT2D eigenvalue weighted by molar-refractivity contribution is 0.640. The van der Waals surface area contributed by atoms with E-state index < -0.39 is 0 Å². The van der Waals surface area contributed by atoms with Gasteiger partial charge in [0.2, 0.25) is 5.13 Å². The van der Waals surface area contributed by atoms with Gasteiger partial charge in [-0.1, -0.05) is 25.2 Å². The molecule has 0 aliphatic rings. The average molecular weight is 332 g/mol. The number of rotatable bonds is 5. The summed E-state index contributed by atoms with van der Waals surface area (Å²) in [6.07, 6.45) is 1.00. The van der Waals surface area contributed by atoms with Crippen molar-refractivity contribution in [1.82, 2.24) is 10.2 Å². The summed E-state index contributed by atoms with van der Waals surface area (Å²) in [5, 5.41) is 15.8. The van der Waals surface area contributed by atoms with Crippen molar-refractivity contribution >= 4 is 43.7 Å². The highest BCUT2D eigenvalue weighted by molar-refractivity contribution is 9.11. The second-order valence-electron chi connectivity index (χ2n) is 4.21. The Balaban J connectivity index is 1.89. The molecule has 0 radical (unpaired) electrons. The minimum Gasteiger partial charge on any atom is -0.356 e. The smallest absolute Gasteiger partial charge is 0.205 e. The number of halogens is 1. The van der Waals surface area contributed by atoms with Crippen LogP contribution in [-0.2, 0) is 13.0 Å². The van der Waals surface area contributed by atoms with E-state index in [1.807, 2.05) is 0 Å². The van der Waals surface area contributed by atoms with Gasteiger partial charge in [0.25, 0.3) is 0 Å². The van der Waals surface area contributed by atoms with Crippen LogP contribution in [0.5, 0.6) is 0 Å². The van der Waals surface area contributed by atoms with E-state index in [-0.39, 0.29) is 0 Å². The third kappa shape index (κ3) is 4.04. The number of hydrogen-bond donors (Lipinski definition) is 1. The molecule has 1 N–H and O–H groups in total. The standard InChI is InChI=1S/C11H14BrN3S2/c1-7(2)3-10-14-15-11(17-10)13-5-8-4-9(12)16-6-8/h4,6-7H,3,5H2,1-2H3,(H,13,15). The maximum absolute atomic E-state index is 4.17. The first kappa shape index (κ1) is 13.0. The molecule has 2 rings (SSSR count).